The minimum absolute atomic E-state index is 0.00310. The third-order valence-electron chi connectivity index (χ3n) is 8.41. The van der Waals surface area contributed by atoms with Gasteiger partial charge in [0.15, 0.2) is 11.5 Å². The van der Waals surface area contributed by atoms with Crippen molar-refractivity contribution >= 4 is 39.1 Å². The first-order valence-electron chi connectivity index (χ1n) is 15.6. The number of imidazole rings is 1. The molecule has 1 saturated heterocycles. The molecule has 0 spiro atoms. The van der Waals surface area contributed by atoms with Crippen molar-refractivity contribution in [3.8, 4) is 17.2 Å². The normalized spacial score (nSPS) is 14.1. The average Bonchev–Trinajstić information content (AvgIpc) is 3.69. The van der Waals surface area contributed by atoms with Gasteiger partial charge in [0.05, 0.1) is 37.2 Å². The summed E-state index contributed by atoms with van der Waals surface area (Å²) >= 11 is 10.4. The Kier molecular flexibility index (Phi) is 11.6. The second-order valence-electron chi connectivity index (χ2n) is 11.7. The molecule has 0 saturated carbocycles. The van der Waals surface area contributed by atoms with Gasteiger partial charge in [0.2, 0.25) is 5.91 Å². The van der Waals surface area contributed by atoms with Gasteiger partial charge in [-0.3, -0.25) is 9.69 Å². The molecule has 1 unspecified atom stereocenters. The lowest BCUT2D eigenvalue weighted by molar-refractivity contribution is -0.121. The quantitative estimate of drug-likeness (QED) is 0.143. The highest BCUT2D eigenvalue weighted by atomic mass is 79.9. The van der Waals surface area contributed by atoms with Crippen LogP contribution in [0.1, 0.15) is 55.1 Å². The summed E-state index contributed by atoms with van der Waals surface area (Å²) in [6, 6.07) is 15.8. The van der Waals surface area contributed by atoms with Gasteiger partial charge >= 0.3 is 0 Å². The molecule has 2 aromatic carbocycles. The number of carbonyl (C=O) groups excluding carboxylic acids is 1. The first kappa shape index (κ1) is 33.1. The summed E-state index contributed by atoms with van der Waals surface area (Å²) < 4.78 is 20.3. The minimum atomic E-state index is -0.00310. The van der Waals surface area contributed by atoms with Crippen LogP contribution in [-0.4, -0.2) is 60.7 Å². The Hall–Kier alpha value is -3.27. The third-order valence-corrected chi connectivity index (χ3v) is 9.32. The van der Waals surface area contributed by atoms with Gasteiger partial charge in [-0.2, -0.15) is 0 Å². The monoisotopic (exact) mass is 696 g/mol. The largest absolute Gasteiger partial charge is 0.496 e. The summed E-state index contributed by atoms with van der Waals surface area (Å²) in [7, 11) is 3.31. The van der Waals surface area contributed by atoms with Gasteiger partial charge in [-0.25, -0.2) is 4.98 Å². The molecule has 4 aromatic rings. The van der Waals surface area contributed by atoms with Crippen LogP contribution in [0.15, 0.2) is 59.2 Å². The molecule has 0 aliphatic carbocycles. The molecular formula is C35H42BrClN4O4. The van der Waals surface area contributed by atoms with Crippen LogP contribution in [0.4, 0.5) is 0 Å². The highest BCUT2D eigenvalue weighted by molar-refractivity contribution is 9.10. The van der Waals surface area contributed by atoms with E-state index in [2.05, 4.69) is 43.5 Å². The zero-order valence-electron chi connectivity index (χ0n) is 26.3. The number of amides is 1. The Balaban J connectivity index is 1.17. The first-order chi connectivity index (χ1) is 21.9. The number of nitrogens with one attached hydrogen (secondary N) is 1. The maximum Gasteiger partial charge on any atom is 0.220 e. The van der Waals surface area contributed by atoms with Crippen molar-refractivity contribution < 1.29 is 19.0 Å². The van der Waals surface area contributed by atoms with Crippen LogP contribution < -0.4 is 19.5 Å². The third kappa shape index (κ3) is 8.51. The maximum atomic E-state index is 13.0. The lowest BCUT2D eigenvalue weighted by Gasteiger charge is -2.19. The number of nitrogens with zero attached hydrogens (tertiary/aromatic N) is 3. The van der Waals surface area contributed by atoms with E-state index in [0.29, 0.717) is 42.5 Å². The SMILES string of the molecule is COc1ccc(Br)cc1Cc1c(CNC(=O)CCC(C)Cc2ccc(OC)c(OCCN3CCCC3)c2Cl)nc2ccccn12. The Morgan fingerprint density at radius 2 is 1.84 bits per heavy atom. The van der Waals surface area contributed by atoms with E-state index < -0.39 is 0 Å². The van der Waals surface area contributed by atoms with E-state index in [1.807, 2.05) is 48.7 Å². The van der Waals surface area contributed by atoms with Gasteiger partial charge in [-0.15, -0.1) is 0 Å². The number of likely N-dealkylation sites (tertiary alicyclic amines) is 1. The zero-order valence-corrected chi connectivity index (χ0v) is 28.6. The van der Waals surface area contributed by atoms with Crippen LogP contribution >= 0.6 is 27.5 Å². The molecule has 1 atom stereocenters. The van der Waals surface area contributed by atoms with Crippen molar-refractivity contribution in [2.24, 2.45) is 5.92 Å². The van der Waals surface area contributed by atoms with Crippen molar-refractivity contribution in [2.45, 2.75) is 52.0 Å². The fourth-order valence-corrected chi connectivity index (χ4v) is 6.63. The number of hydrogen-bond acceptors (Lipinski definition) is 6. The van der Waals surface area contributed by atoms with Gasteiger partial charge in [0.25, 0.3) is 0 Å². The number of halogens is 2. The average molecular weight is 698 g/mol. The van der Waals surface area contributed by atoms with E-state index in [1.165, 1.54) is 12.8 Å². The molecule has 0 radical (unpaired) electrons. The van der Waals surface area contributed by atoms with Crippen LogP contribution in [0, 0.1) is 5.92 Å². The van der Waals surface area contributed by atoms with E-state index in [4.69, 9.17) is 30.8 Å². The number of benzene rings is 2. The Labute approximate surface area is 279 Å². The van der Waals surface area contributed by atoms with Crippen molar-refractivity contribution in [3.63, 3.8) is 0 Å². The molecule has 45 heavy (non-hydrogen) atoms. The molecule has 1 fully saturated rings. The Morgan fingerprint density at radius 3 is 2.62 bits per heavy atom. The molecule has 1 amide bonds. The van der Waals surface area contributed by atoms with Crippen molar-refractivity contribution in [1.29, 1.82) is 0 Å². The number of aromatic nitrogens is 2. The number of fused-ring (bicyclic) bond motifs is 1. The summed E-state index contributed by atoms with van der Waals surface area (Å²) in [6.07, 6.45) is 7.00. The fourth-order valence-electron chi connectivity index (χ4n) is 5.93. The van der Waals surface area contributed by atoms with Crippen LogP contribution in [-0.2, 0) is 24.2 Å². The molecule has 5 rings (SSSR count). The molecule has 1 aliphatic rings. The van der Waals surface area contributed by atoms with E-state index in [-0.39, 0.29) is 11.8 Å². The second-order valence-corrected chi connectivity index (χ2v) is 13.0. The van der Waals surface area contributed by atoms with Crippen molar-refractivity contribution in [2.75, 3.05) is 40.5 Å². The topological polar surface area (TPSA) is 77.3 Å². The maximum absolute atomic E-state index is 13.0. The van der Waals surface area contributed by atoms with Gasteiger partial charge in [0, 0.05) is 35.6 Å². The van der Waals surface area contributed by atoms with Crippen LogP contribution in [0.5, 0.6) is 17.2 Å². The van der Waals surface area contributed by atoms with E-state index in [0.717, 1.165) is 70.9 Å². The Morgan fingerprint density at radius 1 is 1.07 bits per heavy atom. The van der Waals surface area contributed by atoms with E-state index in [1.54, 1.807) is 14.2 Å². The molecule has 1 N–H and O–H groups in total. The number of hydrogen-bond donors (Lipinski definition) is 1. The summed E-state index contributed by atoms with van der Waals surface area (Å²) in [5.74, 6) is 2.29. The van der Waals surface area contributed by atoms with Gasteiger partial charge in [-0.1, -0.05) is 46.6 Å². The van der Waals surface area contributed by atoms with Crippen molar-refractivity contribution in [1.82, 2.24) is 19.6 Å². The number of pyridine rings is 1. The van der Waals surface area contributed by atoms with Gasteiger partial charge in [0.1, 0.15) is 18.0 Å². The van der Waals surface area contributed by atoms with Gasteiger partial charge in [-0.05, 0) is 86.7 Å². The summed E-state index contributed by atoms with van der Waals surface area (Å²) in [5, 5.41) is 3.70. The Bertz CT molecular complexity index is 1600. The lowest BCUT2D eigenvalue weighted by Crippen LogP contribution is -2.25. The smallest absolute Gasteiger partial charge is 0.220 e. The molecular weight excluding hydrogens is 656 g/mol. The van der Waals surface area contributed by atoms with Crippen molar-refractivity contribution in [3.05, 3.63) is 86.7 Å². The number of rotatable bonds is 15. The van der Waals surface area contributed by atoms with Gasteiger partial charge < -0.3 is 23.9 Å². The lowest BCUT2D eigenvalue weighted by atomic mass is 9.96. The summed E-state index contributed by atoms with van der Waals surface area (Å²) in [6.45, 7) is 6.20. The minimum Gasteiger partial charge on any atom is -0.496 e. The highest BCUT2D eigenvalue weighted by Crippen LogP contribution is 2.39. The molecule has 2 aromatic heterocycles. The predicted molar refractivity (Wildman–Crippen MR) is 182 cm³/mol. The molecule has 0 bridgehead atoms. The summed E-state index contributed by atoms with van der Waals surface area (Å²) in [4.78, 5) is 20.2. The van der Waals surface area contributed by atoms with Crippen LogP contribution in [0.25, 0.3) is 5.65 Å². The highest BCUT2D eigenvalue weighted by Gasteiger charge is 2.19. The molecule has 240 valence electrons. The number of methoxy groups -OCH3 is 2. The standard InChI is InChI=1S/C35H42BrClN4O4/c1-24(20-25-10-12-31(44-3)35(34(25)37)45-19-18-40-15-6-7-16-40)9-14-33(42)38-23-28-29(41-17-5-4-8-32(41)39-28)22-26-21-27(36)11-13-30(26)43-2/h4-5,8,10-13,17,21,24H,6-7,9,14-16,18-20,22-23H2,1-3H3,(H,38,42). The van der Waals surface area contributed by atoms with E-state index in [9.17, 15) is 4.79 Å². The second kappa shape index (κ2) is 15.8. The van der Waals surface area contributed by atoms with Crippen LogP contribution in [0.3, 0.4) is 0 Å². The molecule has 10 heteroatoms. The molecule has 3 heterocycles. The summed E-state index contributed by atoms with van der Waals surface area (Å²) in [5.41, 5.74) is 4.74. The van der Waals surface area contributed by atoms with E-state index >= 15 is 0 Å². The molecule has 1 aliphatic heterocycles. The zero-order chi connectivity index (χ0) is 31.8. The fraction of sp³-hybridized carbons (Fsp3) is 0.429. The molecule has 8 nitrogen and oxygen atoms in total. The van der Waals surface area contributed by atoms with Crippen LogP contribution in [0.2, 0.25) is 5.02 Å². The number of carbonyl (C=O) groups is 1. The number of ether oxygens (including phenoxy) is 3. The predicted octanol–water partition coefficient (Wildman–Crippen LogP) is 7.11. The first-order valence-corrected chi connectivity index (χ1v) is 16.8.